The Morgan fingerprint density at radius 2 is 2.00 bits per heavy atom. The van der Waals surface area contributed by atoms with Crippen molar-refractivity contribution in [2.75, 3.05) is 0 Å². The van der Waals surface area contributed by atoms with E-state index >= 15 is 0 Å². The van der Waals surface area contributed by atoms with Crippen molar-refractivity contribution in [3.63, 3.8) is 0 Å². The molecule has 4 heteroatoms. The highest BCUT2D eigenvalue weighted by atomic mass is 14.9. The van der Waals surface area contributed by atoms with Crippen molar-refractivity contribution < 1.29 is 0 Å². The maximum Gasteiger partial charge on any atom is 0.132 e. The van der Waals surface area contributed by atoms with Gasteiger partial charge in [0.05, 0.1) is 17.1 Å². The number of hydrogen-bond acceptors (Lipinski definition) is 4. The van der Waals surface area contributed by atoms with Crippen LogP contribution in [0, 0.1) is 18.3 Å². The molecule has 106 valence electrons. The number of aryl methyl sites for hydroxylation is 1. The van der Waals surface area contributed by atoms with Crippen molar-refractivity contribution in [1.82, 2.24) is 15.0 Å². The first-order valence-electron chi connectivity index (χ1n) is 7.35. The quantitative estimate of drug-likeness (QED) is 0.723. The van der Waals surface area contributed by atoms with Crippen LogP contribution in [0.4, 0.5) is 0 Å². The topological polar surface area (TPSA) is 62.5 Å². The molecule has 0 bridgehead atoms. The first-order valence-corrected chi connectivity index (χ1v) is 7.35. The first kappa shape index (κ1) is 12.9. The van der Waals surface area contributed by atoms with Gasteiger partial charge < -0.3 is 0 Å². The molecular formula is C18H14N4. The Kier molecular flexibility index (Phi) is 2.87. The number of pyridine rings is 1. The third kappa shape index (κ3) is 2.11. The molecule has 0 amide bonds. The number of nitriles is 1. The van der Waals surface area contributed by atoms with E-state index in [1.165, 1.54) is 0 Å². The van der Waals surface area contributed by atoms with E-state index in [9.17, 15) is 0 Å². The summed E-state index contributed by atoms with van der Waals surface area (Å²) in [6.45, 7) is 1.99. The first-order chi connectivity index (χ1) is 10.8. The third-order valence-electron chi connectivity index (χ3n) is 4.19. The minimum atomic E-state index is 0.365. The van der Waals surface area contributed by atoms with Crippen molar-refractivity contribution in [2.24, 2.45) is 0 Å². The van der Waals surface area contributed by atoms with Crippen LogP contribution >= 0.6 is 0 Å². The lowest BCUT2D eigenvalue weighted by Gasteiger charge is -2.04. The Labute approximate surface area is 128 Å². The Morgan fingerprint density at radius 3 is 2.82 bits per heavy atom. The van der Waals surface area contributed by atoms with Crippen molar-refractivity contribution in [3.8, 4) is 6.07 Å². The van der Waals surface area contributed by atoms with Crippen LogP contribution in [0.25, 0.3) is 10.9 Å². The van der Waals surface area contributed by atoms with Gasteiger partial charge in [0.2, 0.25) is 0 Å². The lowest BCUT2D eigenvalue weighted by molar-refractivity contribution is 0.867. The van der Waals surface area contributed by atoms with Gasteiger partial charge in [-0.1, -0.05) is 6.07 Å². The average molecular weight is 286 g/mol. The van der Waals surface area contributed by atoms with Gasteiger partial charge in [-0.2, -0.15) is 5.26 Å². The average Bonchev–Trinajstić information content (AvgIpc) is 3.34. The normalized spacial score (nSPS) is 19.8. The molecule has 0 aliphatic heterocycles. The second-order valence-corrected chi connectivity index (χ2v) is 5.73. The van der Waals surface area contributed by atoms with Gasteiger partial charge in [-0.3, -0.25) is 4.98 Å². The van der Waals surface area contributed by atoms with Gasteiger partial charge in [-0.25, -0.2) is 9.97 Å². The summed E-state index contributed by atoms with van der Waals surface area (Å²) in [5.74, 6) is 1.67. The van der Waals surface area contributed by atoms with Gasteiger partial charge in [0.25, 0.3) is 0 Å². The van der Waals surface area contributed by atoms with Gasteiger partial charge in [-0.15, -0.1) is 0 Å². The molecule has 1 saturated carbocycles. The second kappa shape index (κ2) is 4.88. The molecule has 0 N–H and O–H groups in total. The van der Waals surface area contributed by atoms with E-state index in [1.54, 1.807) is 0 Å². The highest BCUT2D eigenvalue weighted by molar-refractivity contribution is 5.84. The van der Waals surface area contributed by atoms with E-state index in [1.807, 2.05) is 49.5 Å². The smallest absolute Gasteiger partial charge is 0.132 e. The lowest BCUT2D eigenvalue weighted by Crippen LogP contribution is -1.96. The van der Waals surface area contributed by atoms with Crippen molar-refractivity contribution >= 4 is 10.9 Å². The molecule has 3 aromatic rings. The molecule has 1 aliphatic carbocycles. The Morgan fingerprint density at radius 1 is 1.09 bits per heavy atom. The minimum Gasteiger partial charge on any atom is -0.252 e. The molecule has 1 fully saturated rings. The van der Waals surface area contributed by atoms with Crippen LogP contribution in [-0.4, -0.2) is 15.0 Å². The summed E-state index contributed by atoms with van der Waals surface area (Å²) in [6.07, 6.45) is 2.86. The predicted molar refractivity (Wildman–Crippen MR) is 83.3 cm³/mol. The zero-order valence-electron chi connectivity index (χ0n) is 12.2. The van der Waals surface area contributed by atoms with Gasteiger partial charge in [0.1, 0.15) is 5.82 Å². The van der Waals surface area contributed by atoms with E-state index in [0.717, 1.165) is 34.5 Å². The summed E-state index contributed by atoms with van der Waals surface area (Å²) >= 11 is 0. The molecule has 2 aromatic heterocycles. The maximum absolute atomic E-state index is 9.15. The van der Waals surface area contributed by atoms with Gasteiger partial charge in [0.15, 0.2) is 0 Å². The molecule has 0 spiro atoms. The van der Waals surface area contributed by atoms with Crippen LogP contribution in [0.15, 0.2) is 42.6 Å². The molecule has 2 atom stereocenters. The summed E-state index contributed by atoms with van der Waals surface area (Å²) in [6, 6.07) is 13.8. The van der Waals surface area contributed by atoms with Gasteiger partial charge in [0, 0.05) is 34.8 Å². The third-order valence-corrected chi connectivity index (χ3v) is 4.19. The number of fused-ring (bicyclic) bond motifs is 1. The maximum atomic E-state index is 9.15. The fourth-order valence-electron chi connectivity index (χ4n) is 2.93. The number of aromatic nitrogens is 3. The monoisotopic (exact) mass is 286 g/mol. The Balaban J connectivity index is 1.68. The van der Waals surface area contributed by atoms with Crippen LogP contribution in [0.1, 0.15) is 41.0 Å². The van der Waals surface area contributed by atoms with E-state index in [0.29, 0.717) is 17.4 Å². The molecule has 1 aliphatic rings. The Hall–Kier alpha value is -2.80. The minimum absolute atomic E-state index is 0.365. The van der Waals surface area contributed by atoms with Crippen molar-refractivity contribution in [2.45, 2.75) is 25.2 Å². The van der Waals surface area contributed by atoms with E-state index in [2.05, 4.69) is 16.0 Å². The zero-order valence-corrected chi connectivity index (χ0v) is 12.2. The highest BCUT2D eigenvalue weighted by Gasteiger charge is 2.42. The molecular weight excluding hydrogens is 272 g/mol. The van der Waals surface area contributed by atoms with Gasteiger partial charge >= 0.3 is 0 Å². The highest BCUT2D eigenvalue weighted by Crippen LogP contribution is 2.53. The molecule has 0 saturated heterocycles. The SMILES string of the molecule is Cc1ccnc([C@H]2C[C@@H]2c2ccc3c(C#N)cccc3n2)n1. The van der Waals surface area contributed by atoms with Crippen LogP contribution in [-0.2, 0) is 0 Å². The number of nitrogens with zero attached hydrogens (tertiary/aromatic N) is 4. The number of hydrogen-bond donors (Lipinski definition) is 0. The van der Waals surface area contributed by atoms with Crippen LogP contribution in [0.3, 0.4) is 0 Å². The fourth-order valence-corrected chi connectivity index (χ4v) is 2.93. The molecule has 4 rings (SSSR count). The fraction of sp³-hybridized carbons (Fsp3) is 0.222. The zero-order chi connectivity index (χ0) is 15.1. The van der Waals surface area contributed by atoms with Crippen molar-refractivity contribution in [1.29, 1.82) is 5.26 Å². The number of rotatable bonds is 2. The summed E-state index contributed by atoms with van der Waals surface area (Å²) in [5, 5.41) is 10.1. The molecule has 2 heterocycles. The van der Waals surface area contributed by atoms with E-state index < -0.39 is 0 Å². The van der Waals surface area contributed by atoms with Crippen LogP contribution < -0.4 is 0 Å². The molecule has 0 radical (unpaired) electrons. The van der Waals surface area contributed by atoms with Gasteiger partial charge in [-0.05, 0) is 43.7 Å². The summed E-state index contributed by atoms with van der Waals surface area (Å²) < 4.78 is 0. The number of benzene rings is 1. The largest absolute Gasteiger partial charge is 0.252 e. The van der Waals surface area contributed by atoms with Crippen molar-refractivity contribution in [3.05, 3.63) is 65.4 Å². The molecule has 1 aromatic carbocycles. The second-order valence-electron chi connectivity index (χ2n) is 5.73. The standard InChI is InChI=1S/C18H14N4/c1-11-7-8-20-18(21-11)15-9-14(15)17-6-5-13-12(10-19)3-2-4-16(13)22-17/h2-8,14-15H,9H2,1H3/t14-,15-/m0/s1. The Bertz CT molecular complexity index is 910. The molecule has 0 unspecified atom stereocenters. The summed E-state index contributed by atoms with van der Waals surface area (Å²) in [4.78, 5) is 13.6. The van der Waals surface area contributed by atoms with Crippen LogP contribution in [0.2, 0.25) is 0 Å². The van der Waals surface area contributed by atoms with E-state index in [4.69, 9.17) is 10.2 Å². The predicted octanol–water partition coefficient (Wildman–Crippen LogP) is 3.48. The molecule has 4 nitrogen and oxygen atoms in total. The summed E-state index contributed by atoms with van der Waals surface area (Å²) in [7, 11) is 0. The lowest BCUT2D eigenvalue weighted by atomic mass is 10.1. The van der Waals surface area contributed by atoms with Crippen LogP contribution in [0.5, 0.6) is 0 Å². The van der Waals surface area contributed by atoms with E-state index in [-0.39, 0.29) is 0 Å². The summed E-state index contributed by atoms with van der Waals surface area (Å²) in [5.41, 5.74) is 3.62. The molecule has 22 heavy (non-hydrogen) atoms.